The number of nitrogens with zero attached hydrogens (tertiary/aromatic N) is 1. The van der Waals surface area contributed by atoms with Crippen LogP contribution in [0.25, 0.3) is 21.7 Å². The van der Waals surface area contributed by atoms with E-state index in [1.54, 1.807) is 6.92 Å². The first kappa shape index (κ1) is 10.8. The Morgan fingerprint density at radius 3 is 2.44 bits per heavy atom. The number of hydrogen-bond acceptors (Lipinski definition) is 2. The lowest BCUT2D eigenvalue weighted by Gasteiger charge is -2.05. The van der Waals surface area contributed by atoms with Crippen molar-refractivity contribution in [2.45, 2.75) is 13.5 Å². The van der Waals surface area contributed by atoms with Crippen molar-refractivity contribution in [3.8, 4) is 0 Å². The minimum absolute atomic E-state index is 0.234. The Morgan fingerprint density at radius 1 is 1.11 bits per heavy atom. The van der Waals surface area contributed by atoms with E-state index in [2.05, 4.69) is 4.98 Å². The lowest BCUT2D eigenvalue weighted by molar-refractivity contribution is 0.684. The summed E-state index contributed by atoms with van der Waals surface area (Å²) in [6, 6.07) is 11.4. The third-order valence-corrected chi connectivity index (χ3v) is 3.16. The molecule has 1 heterocycles. The molecule has 3 rings (SSSR count). The van der Waals surface area contributed by atoms with E-state index >= 15 is 0 Å². The van der Waals surface area contributed by atoms with Crippen LogP contribution in [0.1, 0.15) is 6.92 Å². The van der Waals surface area contributed by atoms with Gasteiger partial charge in [0.25, 0.3) is 5.56 Å². The quantitative estimate of drug-likeness (QED) is 0.660. The number of nitrogens with one attached hydrogen (secondary N) is 1. The molecular formula is C14H12N2O2. The highest BCUT2D eigenvalue weighted by Crippen LogP contribution is 2.18. The second kappa shape index (κ2) is 3.84. The van der Waals surface area contributed by atoms with Crippen molar-refractivity contribution in [2.75, 3.05) is 0 Å². The van der Waals surface area contributed by atoms with Crippen molar-refractivity contribution in [1.29, 1.82) is 0 Å². The molecule has 0 fully saturated rings. The van der Waals surface area contributed by atoms with Crippen LogP contribution in [0, 0.1) is 0 Å². The molecule has 90 valence electrons. The lowest BCUT2D eigenvalue weighted by atomic mass is 10.1. The van der Waals surface area contributed by atoms with Crippen LogP contribution in [0.5, 0.6) is 0 Å². The predicted octanol–water partition coefficient (Wildman–Crippen LogP) is 1.86. The van der Waals surface area contributed by atoms with E-state index < -0.39 is 0 Å². The van der Waals surface area contributed by atoms with Gasteiger partial charge in [0.15, 0.2) is 0 Å². The van der Waals surface area contributed by atoms with E-state index in [1.807, 2.05) is 36.4 Å². The molecule has 0 aliphatic rings. The highest BCUT2D eigenvalue weighted by Gasteiger charge is 2.07. The number of H-pyrrole nitrogens is 1. The molecule has 0 atom stereocenters. The minimum atomic E-state index is -0.356. The highest BCUT2D eigenvalue weighted by molar-refractivity contribution is 5.95. The van der Waals surface area contributed by atoms with Crippen LogP contribution < -0.4 is 11.2 Å². The number of benzene rings is 2. The Labute approximate surface area is 102 Å². The van der Waals surface area contributed by atoms with Gasteiger partial charge in [-0.3, -0.25) is 9.36 Å². The molecule has 0 saturated heterocycles. The minimum Gasteiger partial charge on any atom is -0.307 e. The van der Waals surface area contributed by atoms with E-state index in [0.29, 0.717) is 17.4 Å². The maximum absolute atomic E-state index is 12.2. The number of aromatic amines is 1. The monoisotopic (exact) mass is 240 g/mol. The summed E-state index contributed by atoms with van der Waals surface area (Å²) in [4.78, 5) is 26.6. The Bertz CT molecular complexity index is 859. The molecule has 0 unspecified atom stereocenters. The maximum Gasteiger partial charge on any atom is 0.328 e. The summed E-state index contributed by atoms with van der Waals surface area (Å²) in [5.41, 5.74) is 0.000634. The molecule has 0 saturated carbocycles. The van der Waals surface area contributed by atoms with Crippen LogP contribution in [-0.2, 0) is 6.54 Å². The predicted molar refractivity (Wildman–Crippen MR) is 72.0 cm³/mol. The molecule has 0 radical (unpaired) electrons. The topological polar surface area (TPSA) is 54.9 Å². The fraction of sp³-hybridized carbons (Fsp3) is 0.143. The summed E-state index contributed by atoms with van der Waals surface area (Å²) in [6.07, 6.45) is 0. The van der Waals surface area contributed by atoms with Gasteiger partial charge in [-0.2, -0.15) is 0 Å². The summed E-state index contributed by atoms with van der Waals surface area (Å²) in [6.45, 7) is 2.15. The molecule has 1 N–H and O–H groups in total. The summed E-state index contributed by atoms with van der Waals surface area (Å²) in [7, 11) is 0. The molecule has 0 bridgehead atoms. The van der Waals surface area contributed by atoms with Gasteiger partial charge >= 0.3 is 5.69 Å². The molecule has 0 aliphatic heterocycles. The molecule has 1 aromatic heterocycles. The SMILES string of the molecule is CCn1c(=O)[nH]c2cc3ccccc3cc2c1=O. The lowest BCUT2D eigenvalue weighted by Crippen LogP contribution is -2.34. The molecular weight excluding hydrogens is 228 g/mol. The Balaban J connectivity index is 2.55. The van der Waals surface area contributed by atoms with Gasteiger partial charge in [-0.15, -0.1) is 0 Å². The van der Waals surface area contributed by atoms with Gasteiger partial charge in [-0.1, -0.05) is 24.3 Å². The highest BCUT2D eigenvalue weighted by atomic mass is 16.2. The van der Waals surface area contributed by atoms with E-state index in [4.69, 9.17) is 0 Å². The molecule has 4 heteroatoms. The van der Waals surface area contributed by atoms with Crippen LogP contribution >= 0.6 is 0 Å². The molecule has 18 heavy (non-hydrogen) atoms. The largest absolute Gasteiger partial charge is 0.328 e. The van der Waals surface area contributed by atoms with E-state index in [1.165, 1.54) is 4.57 Å². The first-order valence-electron chi connectivity index (χ1n) is 5.86. The molecule has 0 amide bonds. The van der Waals surface area contributed by atoms with Crippen LogP contribution in [0.2, 0.25) is 0 Å². The van der Waals surface area contributed by atoms with Crippen molar-refractivity contribution >= 4 is 21.7 Å². The van der Waals surface area contributed by atoms with Crippen molar-refractivity contribution in [1.82, 2.24) is 9.55 Å². The van der Waals surface area contributed by atoms with Gasteiger partial charge in [-0.25, -0.2) is 4.79 Å². The van der Waals surface area contributed by atoms with Crippen molar-refractivity contribution in [2.24, 2.45) is 0 Å². The van der Waals surface area contributed by atoms with Gasteiger partial charge in [0.1, 0.15) is 0 Å². The average molecular weight is 240 g/mol. The Hall–Kier alpha value is -2.36. The van der Waals surface area contributed by atoms with E-state index in [9.17, 15) is 9.59 Å². The summed E-state index contributed by atoms with van der Waals surface area (Å²) >= 11 is 0. The molecule has 3 aromatic rings. The van der Waals surface area contributed by atoms with Gasteiger partial charge in [-0.05, 0) is 29.8 Å². The molecule has 2 aromatic carbocycles. The van der Waals surface area contributed by atoms with Crippen LogP contribution in [0.4, 0.5) is 0 Å². The zero-order valence-corrected chi connectivity index (χ0v) is 9.93. The van der Waals surface area contributed by atoms with Gasteiger partial charge in [0, 0.05) is 6.54 Å². The molecule has 4 nitrogen and oxygen atoms in total. The van der Waals surface area contributed by atoms with Crippen molar-refractivity contribution < 1.29 is 0 Å². The number of aromatic nitrogens is 2. The molecule has 0 spiro atoms. The third-order valence-electron chi connectivity index (χ3n) is 3.16. The van der Waals surface area contributed by atoms with Gasteiger partial charge in [0.2, 0.25) is 0 Å². The van der Waals surface area contributed by atoms with Crippen molar-refractivity contribution in [3.05, 3.63) is 57.2 Å². The second-order valence-electron chi connectivity index (χ2n) is 4.22. The number of rotatable bonds is 1. The van der Waals surface area contributed by atoms with Crippen LogP contribution in [0.3, 0.4) is 0 Å². The maximum atomic E-state index is 12.2. The summed E-state index contributed by atoms with van der Waals surface area (Å²) in [5.74, 6) is 0. The normalized spacial score (nSPS) is 11.2. The number of hydrogen-bond donors (Lipinski definition) is 1. The number of fused-ring (bicyclic) bond motifs is 2. The van der Waals surface area contributed by atoms with Gasteiger partial charge < -0.3 is 4.98 Å². The Kier molecular flexibility index (Phi) is 2.30. The first-order chi connectivity index (χ1) is 8.70. The fourth-order valence-corrected chi connectivity index (χ4v) is 2.23. The van der Waals surface area contributed by atoms with E-state index in [0.717, 1.165) is 10.8 Å². The molecule has 0 aliphatic carbocycles. The average Bonchev–Trinajstić information content (AvgIpc) is 2.37. The van der Waals surface area contributed by atoms with Crippen LogP contribution in [-0.4, -0.2) is 9.55 Å². The van der Waals surface area contributed by atoms with Crippen molar-refractivity contribution in [3.63, 3.8) is 0 Å². The zero-order chi connectivity index (χ0) is 12.7. The Morgan fingerprint density at radius 2 is 1.78 bits per heavy atom. The standard InChI is InChI=1S/C14H12N2O2/c1-2-16-13(17)11-7-9-5-3-4-6-10(9)8-12(11)15-14(16)18/h3-8H,2H2,1H3,(H,15,18). The summed E-state index contributed by atoms with van der Waals surface area (Å²) < 4.78 is 1.21. The first-order valence-corrected chi connectivity index (χ1v) is 5.86. The van der Waals surface area contributed by atoms with Gasteiger partial charge in [0.05, 0.1) is 10.9 Å². The summed E-state index contributed by atoms with van der Waals surface area (Å²) in [5, 5.41) is 2.56. The smallest absolute Gasteiger partial charge is 0.307 e. The second-order valence-corrected chi connectivity index (χ2v) is 4.22. The fourth-order valence-electron chi connectivity index (χ4n) is 2.23. The van der Waals surface area contributed by atoms with Crippen LogP contribution in [0.15, 0.2) is 46.0 Å². The third kappa shape index (κ3) is 1.46. The zero-order valence-electron chi connectivity index (χ0n) is 9.93. The van der Waals surface area contributed by atoms with E-state index in [-0.39, 0.29) is 11.2 Å².